The minimum Gasteiger partial charge on any atom is -0.0776 e. The van der Waals surface area contributed by atoms with Crippen LogP contribution in [0.1, 0.15) is 25.5 Å². The van der Waals surface area contributed by atoms with Crippen LogP contribution in [-0.2, 0) is 6.42 Å². The molecule has 0 spiro atoms. The lowest BCUT2D eigenvalue weighted by Gasteiger charge is -1.98. The summed E-state index contributed by atoms with van der Waals surface area (Å²) in [5.74, 6) is 0. The molecule has 0 amide bonds. The zero-order valence-electron chi connectivity index (χ0n) is 6.02. The molecule has 0 unspecified atom stereocenters. The fourth-order valence-corrected chi connectivity index (χ4v) is 1.01. The van der Waals surface area contributed by atoms with E-state index in [4.69, 9.17) is 0 Å². The first-order valence-corrected chi connectivity index (χ1v) is 3.39. The molecule has 0 aliphatic heterocycles. The largest absolute Gasteiger partial charge is 0.0776 e. The van der Waals surface area contributed by atoms with Crippen LogP contribution in [-0.4, -0.2) is 0 Å². The summed E-state index contributed by atoms with van der Waals surface area (Å²) in [6.07, 6.45) is 1.15. The Balaban J connectivity index is 0.000000810. The third kappa shape index (κ3) is 1.87. The predicted octanol–water partition coefficient (Wildman–Crippen LogP) is 3.19. The first kappa shape index (κ1) is 9.22. The van der Waals surface area contributed by atoms with E-state index in [2.05, 4.69) is 38.1 Å². The van der Waals surface area contributed by atoms with E-state index in [0.717, 1.165) is 6.42 Å². The van der Waals surface area contributed by atoms with Crippen molar-refractivity contribution in [3.63, 3.8) is 0 Å². The smallest absolute Gasteiger partial charge is 0.0305 e. The molecular formula is C10H16. The van der Waals surface area contributed by atoms with Gasteiger partial charge in [-0.05, 0) is 24.5 Å². The van der Waals surface area contributed by atoms with E-state index in [-0.39, 0.29) is 7.43 Å². The summed E-state index contributed by atoms with van der Waals surface area (Å²) in [6, 6.07) is 8.49. The van der Waals surface area contributed by atoms with Gasteiger partial charge in [0.15, 0.2) is 0 Å². The van der Waals surface area contributed by atoms with Crippen LogP contribution in [0.3, 0.4) is 0 Å². The molecule has 0 heteroatoms. The van der Waals surface area contributed by atoms with Crippen molar-refractivity contribution >= 4 is 0 Å². The maximum atomic E-state index is 2.18. The molecule has 0 heterocycles. The molecule has 0 aromatic heterocycles. The van der Waals surface area contributed by atoms with E-state index >= 15 is 0 Å². The van der Waals surface area contributed by atoms with Crippen LogP contribution < -0.4 is 0 Å². The van der Waals surface area contributed by atoms with Crippen molar-refractivity contribution in [3.05, 3.63) is 35.4 Å². The average molecular weight is 136 g/mol. The lowest BCUT2D eigenvalue weighted by Crippen LogP contribution is -1.82. The van der Waals surface area contributed by atoms with Crippen LogP contribution >= 0.6 is 0 Å². The monoisotopic (exact) mass is 136 g/mol. The molecule has 0 aliphatic carbocycles. The summed E-state index contributed by atoms with van der Waals surface area (Å²) >= 11 is 0. The highest BCUT2D eigenvalue weighted by atomic mass is 13.9. The summed E-state index contributed by atoms with van der Waals surface area (Å²) < 4.78 is 0. The Morgan fingerprint density at radius 2 is 1.80 bits per heavy atom. The molecule has 0 nitrogen and oxygen atoms in total. The summed E-state index contributed by atoms with van der Waals surface area (Å²) in [7, 11) is 0. The Bertz CT molecular complexity index is 189. The van der Waals surface area contributed by atoms with E-state index in [0.29, 0.717) is 0 Å². The van der Waals surface area contributed by atoms with Crippen molar-refractivity contribution < 1.29 is 0 Å². The van der Waals surface area contributed by atoms with Crippen LogP contribution in [0.5, 0.6) is 0 Å². The van der Waals surface area contributed by atoms with Crippen LogP contribution in [0.2, 0.25) is 0 Å². The summed E-state index contributed by atoms with van der Waals surface area (Å²) in [6.45, 7) is 4.33. The molecular weight excluding hydrogens is 120 g/mol. The number of hydrogen-bond acceptors (Lipinski definition) is 0. The number of aryl methyl sites for hydroxylation is 2. The van der Waals surface area contributed by atoms with Gasteiger partial charge in [0.2, 0.25) is 0 Å². The SMILES string of the molecule is C.CCc1ccccc1C. The molecule has 1 aromatic rings. The van der Waals surface area contributed by atoms with Crippen molar-refractivity contribution in [3.8, 4) is 0 Å². The Morgan fingerprint density at radius 1 is 1.20 bits per heavy atom. The normalized spacial score (nSPS) is 8.60. The van der Waals surface area contributed by atoms with Crippen molar-refractivity contribution in [1.82, 2.24) is 0 Å². The second-order valence-corrected chi connectivity index (χ2v) is 2.28. The Hall–Kier alpha value is -0.780. The van der Waals surface area contributed by atoms with Gasteiger partial charge in [-0.25, -0.2) is 0 Å². The lowest BCUT2D eigenvalue weighted by atomic mass is 10.1. The highest BCUT2D eigenvalue weighted by Crippen LogP contribution is 2.06. The minimum atomic E-state index is 0. The standard InChI is InChI=1S/C9H12.CH4/c1-3-9-7-5-4-6-8(9)2;/h4-7H,3H2,1-2H3;1H4. The molecule has 0 aliphatic rings. The third-order valence-electron chi connectivity index (χ3n) is 1.64. The van der Waals surface area contributed by atoms with Crippen molar-refractivity contribution in [2.75, 3.05) is 0 Å². The van der Waals surface area contributed by atoms with Gasteiger partial charge in [0.05, 0.1) is 0 Å². The first-order valence-electron chi connectivity index (χ1n) is 3.39. The van der Waals surface area contributed by atoms with Crippen LogP contribution in [0.15, 0.2) is 24.3 Å². The summed E-state index contributed by atoms with van der Waals surface area (Å²) in [4.78, 5) is 0. The Labute approximate surface area is 63.9 Å². The lowest BCUT2D eigenvalue weighted by molar-refractivity contribution is 1.11. The third-order valence-corrected chi connectivity index (χ3v) is 1.64. The zero-order chi connectivity index (χ0) is 6.69. The Kier molecular flexibility index (Phi) is 3.78. The maximum absolute atomic E-state index is 2.18. The van der Waals surface area contributed by atoms with Crippen LogP contribution in [0.25, 0.3) is 0 Å². The average Bonchev–Trinajstić information content (AvgIpc) is 1.89. The van der Waals surface area contributed by atoms with Crippen LogP contribution in [0, 0.1) is 6.92 Å². The quantitative estimate of drug-likeness (QED) is 0.556. The van der Waals surface area contributed by atoms with Crippen molar-refractivity contribution in [2.45, 2.75) is 27.7 Å². The Morgan fingerprint density at radius 3 is 2.20 bits per heavy atom. The fraction of sp³-hybridized carbons (Fsp3) is 0.400. The van der Waals surface area contributed by atoms with Crippen molar-refractivity contribution in [1.29, 1.82) is 0 Å². The van der Waals surface area contributed by atoms with Gasteiger partial charge in [0.25, 0.3) is 0 Å². The molecule has 0 bridgehead atoms. The summed E-state index contributed by atoms with van der Waals surface area (Å²) in [5, 5.41) is 0. The molecule has 0 radical (unpaired) electrons. The highest BCUT2D eigenvalue weighted by Gasteiger charge is 1.89. The second-order valence-electron chi connectivity index (χ2n) is 2.28. The van der Waals surface area contributed by atoms with Crippen molar-refractivity contribution in [2.24, 2.45) is 0 Å². The molecule has 1 aromatic carbocycles. The predicted molar refractivity (Wildman–Crippen MR) is 47.3 cm³/mol. The fourth-order valence-electron chi connectivity index (χ4n) is 1.01. The van der Waals surface area contributed by atoms with Gasteiger partial charge in [-0.1, -0.05) is 38.6 Å². The van der Waals surface area contributed by atoms with Gasteiger partial charge < -0.3 is 0 Å². The topological polar surface area (TPSA) is 0 Å². The number of rotatable bonds is 1. The van der Waals surface area contributed by atoms with Gasteiger partial charge in [-0.15, -0.1) is 0 Å². The van der Waals surface area contributed by atoms with Gasteiger partial charge in [0.1, 0.15) is 0 Å². The van der Waals surface area contributed by atoms with E-state index < -0.39 is 0 Å². The highest BCUT2D eigenvalue weighted by molar-refractivity contribution is 5.24. The van der Waals surface area contributed by atoms with E-state index in [1.54, 1.807) is 0 Å². The van der Waals surface area contributed by atoms with Gasteiger partial charge in [0, 0.05) is 0 Å². The molecule has 10 heavy (non-hydrogen) atoms. The van der Waals surface area contributed by atoms with E-state index in [1.807, 2.05) is 0 Å². The molecule has 0 atom stereocenters. The van der Waals surface area contributed by atoms with Gasteiger partial charge in [-0.3, -0.25) is 0 Å². The van der Waals surface area contributed by atoms with E-state index in [1.165, 1.54) is 11.1 Å². The molecule has 0 saturated carbocycles. The van der Waals surface area contributed by atoms with E-state index in [9.17, 15) is 0 Å². The zero-order valence-corrected chi connectivity index (χ0v) is 6.02. The summed E-state index contributed by atoms with van der Waals surface area (Å²) in [5.41, 5.74) is 2.86. The maximum Gasteiger partial charge on any atom is -0.0305 e. The van der Waals surface area contributed by atoms with Crippen LogP contribution in [0.4, 0.5) is 0 Å². The minimum absolute atomic E-state index is 0. The molecule has 0 N–H and O–H groups in total. The molecule has 56 valence electrons. The molecule has 1 rings (SSSR count). The second kappa shape index (κ2) is 4.10. The number of benzene rings is 1. The molecule has 0 fully saturated rings. The van der Waals surface area contributed by atoms with Gasteiger partial charge >= 0.3 is 0 Å². The molecule has 0 saturated heterocycles. The number of hydrogen-bond donors (Lipinski definition) is 0. The van der Waals surface area contributed by atoms with Gasteiger partial charge in [-0.2, -0.15) is 0 Å². The first-order chi connectivity index (χ1) is 4.34.